The fourth-order valence-corrected chi connectivity index (χ4v) is 2.52. The molecule has 0 aromatic carbocycles. The van der Waals surface area contributed by atoms with E-state index in [1.165, 1.54) is 23.7 Å². The third-order valence-electron chi connectivity index (χ3n) is 2.35. The number of hydrogen-bond donors (Lipinski definition) is 2. The zero-order valence-corrected chi connectivity index (χ0v) is 12.2. The van der Waals surface area contributed by atoms with Crippen molar-refractivity contribution in [2.24, 2.45) is 0 Å². The predicted molar refractivity (Wildman–Crippen MR) is 75.6 cm³/mol. The first-order chi connectivity index (χ1) is 10.6. The highest BCUT2D eigenvalue weighted by Crippen LogP contribution is 2.15. The van der Waals surface area contributed by atoms with Crippen molar-refractivity contribution in [2.75, 3.05) is 10.6 Å². The lowest BCUT2D eigenvalue weighted by molar-refractivity contribution is -0.803. The van der Waals surface area contributed by atoms with Gasteiger partial charge in [-0.15, -0.1) is 22.7 Å². The van der Waals surface area contributed by atoms with Crippen molar-refractivity contribution in [1.82, 2.24) is 15.1 Å². The zero-order valence-electron chi connectivity index (χ0n) is 10.5. The summed E-state index contributed by atoms with van der Waals surface area (Å²) >= 11 is 2.33. The second-order valence-corrected chi connectivity index (χ2v) is 5.50. The quantitative estimate of drug-likeness (QED) is 0.669. The predicted octanol–water partition coefficient (Wildman–Crippen LogP) is 0.726. The van der Waals surface area contributed by atoms with E-state index in [-0.39, 0.29) is 10.0 Å². The third kappa shape index (κ3) is 2.77. The summed E-state index contributed by atoms with van der Waals surface area (Å²) in [6, 6.07) is 0. The van der Waals surface area contributed by atoms with Crippen LogP contribution in [0.4, 0.5) is 10.3 Å². The molecular weight excluding hydrogens is 332 g/mol. The number of nitrogens with zero attached hydrogens (tertiary/aromatic N) is 4. The van der Waals surface area contributed by atoms with Gasteiger partial charge in [-0.3, -0.25) is 24.9 Å². The van der Waals surface area contributed by atoms with Gasteiger partial charge in [0.2, 0.25) is 0 Å². The van der Waals surface area contributed by atoms with Crippen LogP contribution in [0.15, 0.2) is 27.8 Å². The van der Waals surface area contributed by atoms with Gasteiger partial charge in [0, 0.05) is 23.2 Å². The highest BCUT2D eigenvalue weighted by Gasteiger charge is 2.32. The molecule has 2 N–H and O–H groups in total. The topological polar surface area (TPSA) is 137 Å². The average Bonchev–Trinajstić information content (AvgIpc) is 3.20. The van der Waals surface area contributed by atoms with E-state index in [1.807, 2.05) is 0 Å². The molecule has 0 atom stereocenters. The summed E-state index contributed by atoms with van der Waals surface area (Å²) < 4.78 is 4.33. The molecule has 12 heteroatoms. The zero-order chi connectivity index (χ0) is 15.5. The Morgan fingerprint density at radius 2 is 1.68 bits per heavy atom. The summed E-state index contributed by atoms with van der Waals surface area (Å²) in [6.45, 7) is 0. The molecule has 0 saturated carbocycles. The Balaban J connectivity index is 1.84. The number of thiazole rings is 2. The van der Waals surface area contributed by atoms with E-state index in [0.717, 1.165) is 11.3 Å². The molecule has 0 aliphatic carbocycles. The van der Waals surface area contributed by atoms with Crippen LogP contribution in [-0.2, 0) is 0 Å². The van der Waals surface area contributed by atoms with Crippen molar-refractivity contribution in [2.45, 2.75) is 0 Å². The molecule has 0 aliphatic heterocycles. The second-order valence-electron chi connectivity index (χ2n) is 3.71. The number of carbonyl (C=O) groups excluding carboxylic acids is 2. The van der Waals surface area contributed by atoms with Crippen LogP contribution in [0.3, 0.4) is 0 Å². The number of hydrogen-bond acceptors (Lipinski definition) is 9. The highest BCUT2D eigenvalue weighted by molar-refractivity contribution is 7.14. The number of anilines is 2. The molecule has 0 spiro atoms. The fourth-order valence-electron chi connectivity index (χ4n) is 1.47. The van der Waals surface area contributed by atoms with E-state index in [0.29, 0.717) is 5.13 Å². The molecule has 22 heavy (non-hydrogen) atoms. The molecule has 0 fully saturated rings. The SMILES string of the molecule is O=C(Nc1nccs1)c1no[n+]([O-])c1C(=O)Nc1nccs1. The standard InChI is InChI=1S/C10H6N6O4S2/c17-7(13-9-11-1-3-21-9)5-6(16(19)20-15-5)8(18)14-10-12-2-4-22-10/h1-4H,(H,11,13,17)(H,12,14,18). The molecule has 0 unspecified atom stereocenters. The van der Waals surface area contributed by atoms with Crippen molar-refractivity contribution in [3.8, 4) is 0 Å². The van der Waals surface area contributed by atoms with E-state index in [9.17, 15) is 14.8 Å². The summed E-state index contributed by atoms with van der Waals surface area (Å²) in [5.74, 6) is -1.63. The number of amides is 2. The van der Waals surface area contributed by atoms with Crippen LogP contribution in [0.1, 0.15) is 21.0 Å². The number of carbonyl (C=O) groups is 2. The molecule has 3 heterocycles. The van der Waals surface area contributed by atoms with Crippen molar-refractivity contribution in [3.05, 3.63) is 39.7 Å². The summed E-state index contributed by atoms with van der Waals surface area (Å²) in [5, 5.41) is 23.5. The summed E-state index contributed by atoms with van der Waals surface area (Å²) in [7, 11) is 0. The van der Waals surface area contributed by atoms with Gasteiger partial charge in [0.05, 0.1) is 5.16 Å². The van der Waals surface area contributed by atoms with Crippen LogP contribution in [0, 0.1) is 5.21 Å². The monoisotopic (exact) mass is 338 g/mol. The van der Waals surface area contributed by atoms with Gasteiger partial charge in [0.15, 0.2) is 10.3 Å². The third-order valence-corrected chi connectivity index (χ3v) is 3.73. The number of rotatable bonds is 4. The van der Waals surface area contributed by atoms with Gasteiger partial charge in [-0.2, -0.15) is 0 Å². The average molecular weight is 338 g/mol. The smallest absolute Gasteiger partial charge is 0.318 e. The maximum atomic E-state index is 12.1. The highest BCUT2D eigenvalue weighted by atomic mass is 32.1. The Kier molecular flexibility index (Phi) is 3.76. The maximum Gasteiger partial charge on any atom is 0.318 e. The Bertz CT molecular complexity index is 798. The molecule has 3 aromatic rings. The molecule has 0 radical (unpaired) electrons. The van der Waals surface area contributed by atoms with Gasteiger partial charge in [0.25, 0.3) is 5.69 Å². The number of aromatic nitrogens is 4. The first-order valence-electron chi connectivity index (χ1n) is 5.66. The van der Waals surface area contributed by atoms with Gasteiger partial charge in [-0.05, 0) is 4.90 Å². The molecule has 0 saturated heterocycles. The second kappa shape index (κ2) is 5.87. The molecule has 3 aromatic heterocycles. The normalized spacial score (nSPS) is 10.4. The van der Waals surface area contributed by atoms with Crippen molar-refractivity contribution < 1.29 is 19.1 Å². The molecule has 2 amide bonds. The summed E-state index contributed by atoms with van der Waals surface area (Å²) in [6.07, 6.45) is 2.97. The molecule has 0 aliphatic rings. The van der Waals surface area contributed by atoms with Gasteiger partial charge < -0.3 is 5.21 Å². The molecule has 10 nitrogen and oxygen atoms in total. The number of nitrogens with one attached hydrogen (secondary N) is 2. The van der Waals surface area contributed by atoms with Crippen LogP contribution in [0.5, 0.6) is 0 Å². The molecular formula is C10H6N6O4S2. The Hall–Kier alpha value is -2.86. The van der Waals surface area contributed by atoms with Crippen LogP contribution < -0.4 is 15.5 Å². The molecule has 0 bridgehead atoms. The molecule has 3 rings (SSSR count). The van der Waals surface area contributed by atoms with E-state index >= 15 is 0 Å². The van der Waals surface area contributed by atoms with E-state index in [4.69, 9.17) is 0 Å². The van der Waals surface area contributed by atoms with Gasteiger partial charge in [0.1, 0.15) is 0 Å². The maximum absolute atomic E-state index is 12.1. The van der Waals surface area contributed by atoms with Gasteiger partial charge in [-0.1, -0.05) is 0 Å². The molecule has 112 valence electrons. The minimum atomic E-state index is -0.851. The fraction of sp³-hybridized carbons (Fsp3) is 0. The van der Waals surface area contributed by atoms with Crippen molar-refractivity contribution in [3.63, 3.8) is 0 Å². The summed E-state index contributed by atoms with van der Waals surface area (Å²) in [4.78, 5) is 31.7. The van der Waals surface area contributed by atoms with Gasteiger partial charge >= 0.3 is 17.5 Å². The lowest BCUT2D eigenvalue weighted by Crippen LogP contribution is -2.35. The van der Waals surface area contributed by atoms with Crippen LogP contribution in [0.25, 0.3) is 0 Å². The van der Waals surface area contributed by atoms with Crippen molar-refractivity contribution in [1.29, 1.82) is 0 Å². The minimum absolute atomic E-state index is 0.139. The first-order valence-corrected chi connectivity index (χ1v) is 7.42. The Morgan fingerprint density at radius 1 is 1.09 bits per heavy atom. The van der Waals surface area contributed by atoms with Crippen LogP contribution >= 0.6 is 22.7 Å². The lowest BCUT2D eigenvalue weighted by Gasteiger charge is -1.99. The van der Waals surface area contributed by atoms with E-state index in [1.54, 1.807) is 10.8 Å². The van der Waals surface area contributed by atoms with E-state index < -0.39 is 23.2 Å². The largest absolute Gasteiger partial charge is 0.359 e. The summed E-state index contributed by atoms with van der Waals surface area (Å²) in [5.41, 5.74) is -1.01. The van der Waals surface area contributed by atoms with Crippen LogP contribution in [0.2, 0.25) is 0 Å². The Labute approximate surface area is 130 Å². The first kappa shape index (κ1) is 14.1. The Morgan fingerprint density at radius 3 is 2.23 bits per heavy atom. The van der Waals surface area contributed by atoms with Crippen LogP contribution in [-0.4, -0.2) is 26.9 Å². The van der Waals surface area contributed by atoms with E-state index in [2.05, 4.69) is 30.4 Å². The van der Waals surface area contributed by atoms with Gasteiger partial charge in [-0.25, -0.2) is 9.97 Å². The minimum Gasteiger partial charge on any atom is -0.359 e. The van der Waals surface area contributed by atoms with Crippen molar-refractivity contribution >= 4 is 44.8 Å². The lowest BCUT2D eigenvalue weighted by atomic mass is 10.3.